The molecule has 1 atom stereocenters. The van der Waals surface area contributed by atoms with Gasteiger partial charge in [0.05, 0.1) is 5.56 Å². The van der Waals surface area contributed by atoms with E-state index < -0.39 is 28.3 Å². The first-order valence-electron chi connectivity index (χ1n) is 7.62. The van der Waals surface area contributed by atoms with Gasteiger partial charge in [-0.25, -0.2) is 0 Å². The van der Waals surface area contributed by atoms with Crippen LogP contribution in [-0.4, -0.2) is 26.3 Å². The van der Waals surface area contributed by atoms with Crippen molar-refractivity contribution in [2.75, 3.05) is 13.6 Å². The molecule has 0 fully saturated rings. The molecule has 9 heteroatoms. The van der Waals surface area contributed by atoms with Crippen LogP contribution in [0.1, 0.15) is 23.7 Å². The Balaban J connectivity index is 2.17. The van der Waals surface area contributed by atoms with E-state index >= 15 is 0 Å². The van der Waals surface area contributed by atoms with Gasteiger partial charge in [0.2, 0.25) is 0 Å². The maximum atomic E-state index is 13.0. The summed E-state index contributed by atoms with van der Waals surface area (Å²) in [6.45, 7) is -0.154. The van der Waals surface area contributed by atoms with Crippen molar-refractivity contribution in [1.29, 1.82) is 0 Å². The van der Waals surface area contributed by atoms with Gasteiger partial charge in [-0.3, -0.25) is 0 Å². The zero-order valence-corrected chi connectivity index (χ0v) is 14.6. The lowest BCUT2D eigenvalue weighted by molar-refractivity contribution is -0.137. The lowest BCUT2D eigenvalue weighted by Crippen LogP contribution is -2.26. The number of hydrogen-bond donors (Lipinski definition) is 0. The van der Waals surface area contributed by atoms with Gasteiger partial charge in [0.15, 0.2) is 0 Å². The van der Waals surface area contributed by atoms with Crippen LogP contribution in [0.25, 0.3) is 0 Å². The van der Waals surface area contributed by atoms with E-state index in [1.54, 1.807) is 30.3 Å². The lowest BCUT2D eigenvalue weighted by atomic mass is 10.1. The summed E-state index contributed by atoms with van der Waals surface area (Å²) in [4.78, 5) is 0. The molecule has 1 unspecified atom stereocenters. The highest BCUT2D eigenvalue weighted by Gasteiger charge is 2.30. The van der Waals surface area contributed by atoms with E-state index in [0.29, 0.717) is 9.87 Å². The molecule has 0 saturated carbocycles. The van der Waals surface area contributed by atoms with Crippen molar-refractivity contribution in [2.24, 2.45) is 0 Å². The van der Waals surface area contributed by atoms with Crippen LogP contribution in [0.3, 0.4) is 0 Å². The minimum atomic E-state index is -4.82. The summed E-state index contributed by atoms with van der Waals surface area (Å²) < 4.78 is 78.9. The van der Waals surface area contributed by atoms with Gasteiger partial charge < -0.3 is 4.74 Å². The van der Waals surface area contributed by atoms with Crippen molar-refractivity contribution in [3.63, 3.8) is 0 Å². The molecule has 0 aliphatic heterocycles. The Kier molecular flexibility index (Phi) is 6.25. The van der Waals surface area contributed by atoms with Crippen LogP contribution in [0.2, 0.25) is 0 Å². The van der Waals surface area contributed by atoms with Crippen molar-refractivity contribution in [1.82, 2.24) is 4.31 Å². The summed E-state index contributed by atoms with van der Waals surface area (Å²) in [5, 5.41) is 0. The third-order valence-electron chi connectivity index (χ3n) is 3.71. The summed E-state index contributed by atoms with van der Waals surface area (Å²) in [6.07, 6.45) is -4.99. The molecule has 142 valence electrons. The maximum absolute atomic E-state index is 13.0. The van der Waals surface area contributed by atoms with Crippen molar-refractivity contribution >= 4 is 10.4 Å². The monoisotopic (exact) mass is 391 g/mol. The number of ether oxygens (including phenoxy) is 1. The van der Waals surface area contributed by atoms with Crippen molar-refractivity contribution in [2.45, 2.75) is 18.7 Å². The number of hydrogen-bond acceptors (Lipinski definition) is 3. The smallest absolute Gasteiger partial charge is 0.416 e. The van der Waals surface area contributed by atoms with Crippen LogP contribution in [0.4, 0.5) is 17.1 Å². The largest absolute Gasteiger partial charge is 0.486 e. The first-order valence-corrected chi connectivity index (χ1v) is 8.96. The van der Waals surface area contributed by atoms with E-state index in [1.165, 1.54) is 12.1 Å². The highest BCUT2D eigenvalue weighted by atomic mass is 32.3. The molecule has 2 rings (SSSR count). The van der Waals surface area contributed by atoms with E-state index in [1.807, 2.05) is 0 Å². The van der Waals surface area contributed by atoms with Crippen LogP contribution in [-0.2, 0) is 16.6 Å². The van der Waals surface area contributed by atoms with Crippen molar-refractivity contribution < 1.29 is 30.2 Å². The fourth-order valence-electron chi connectivity index (χ4n) is 2.26. The zero-order valence-electron chi connectivity index (χ0n) is 13.8. The second-order valence-corrected chi connectivity index (χ2v) is 7.04. The SMILES string of the molecule is CN(CCC(Oc1ccc(C(F)(F)F)cc1)c1ccccc1)S(=O)(=O)F. The Hall–Kier alpha value is -2.13. The number of alkyl halides is 3. The minimum absolute atomic E-state index is 0.116. The predicted molar refractivity (Wildman–Crippen MR) is 88.5 cm³/mol. The Morgan fingerprint density at radius 3 is 2.12 bits per heavy atom. The number of rotatable bonds is 7. The first-order chi connectivity index (χ1) is 12.1. The first kappa shape index (κ1) is 20.2. The molecule has 4 nitrogen and oxygen atoms in total. The standard InChI is InChI=1S/C17H17F4NO3S/c1-22(26(21,23)24)12-11-16(13-5-3-2-4-6-13)25-15-9-7-14(8-10-15)17(18,19)20/h2-10,16H,11-12H2,1H3. The summed E-state index contributed by atoms with van der Waals surface area (Å²) in [6, 6.07) is 12.9. The number of halogens is 4. The molecule has 0 N–H and O–H groups in total. The summed E-state index contributed by atoms with van der Waals surface area (Å²) in [5.41, 5.74) is -0.110. The molecule has 0 aliphatic carbocycles. The van der Waals surface area contributed by atoms with Crippen LogP contribution in [0, 0.1) is 0 Å². The van der Waals surface area contributed by atoms with Crippen molar-refractivity contribution in [3.05, 3.63) is 65.7 Å². The lowest BCUT2D eigenvalue weighted by Gasteiger charge is -2.22. The van der Waals surface area contributed by atoms with Gasteiger partial charge in [0, 0.05) is 20.0 Å². The third-order valence-corrected chi connectivity index (χ3v) is 4.64. The number of nitrogens with zero attached hydrogens (tertiary/aromatic N) is 1. The van der Waals surface area contributed by atoms with Crippen molar-refractivity contribution in [3.8, 4) is 5.75 Å². The van der Waals surface area contributed by atoms with Crippen LogP contribution >= 0.6 is 0 Å². The van der Waals surface area contributed by atoms with E-state index in [9.17, 15) is 25.5 Å². The van der Waals surface area contributed by atoms with Gasteiger partial charge in [-0.15, -0.1) is 0 Å². The van der Waals surface area contributed by atoms with Crippen LogP contribution < -0.4 is 4.74 Å². The van der Waals surface area contributed by atoms with Gasteiger partial charge in [-0.1, -0.05) is 34.2 Å². The zero-order chi connectivity index (χ0) is 19.4. The Bertz CT molecular complexity index is 808. The summed E-state index contributed by atoms with van der Waals surface area (Å²) >= 11 is 0. The molecule has 0 bridgehead atoms. The quantitative estimate of drug-likeness (QED) is 0.520. The molecule has 0 aromatic heterocycles. The molecule has 2 aromatic carbocycles. The fourth-order valence-corrected chi connectivity index (χ4v) is 2.58. The Morgan fingerprint density at radius 1 is 1.04 bits per heavy atom. The molecule has 0 heterocycles. The highest BCUT2D eigenvalue weighted by molar-refractivity contribution is 7.83. The highest BCUT2D eigenvalue weighted by Crippen LogP contribution is 2.32. The Morgan fingerprint density at radius 2 is 1.62 bits per heavy atom. The summed E-state index contributed by atoms with van der Waals surface area (Å²) in [7, 11) is -3.73. The molecule has 0 amide bonds. The summed E-state index contributed by atoms with van der Waals surface area (Å²) in [5.74, 6) is 0.192. The van der Waals surface area contributed by atoms with Crippen LogP contribution in [0.15, 0.2) is 54.6 Å². The minimum Gasteiger partial charge on any atom is -0.486 e. The van der Waals surface area contributed by atoms with E-state index in [4.69, 9.17) is 4.74 Å². The Labute approximate surface area is 149 Å². The van der Waals surface area contributed by atoms with Crippen LogP contribution in [0.5, 0.6) is 5.75 Å². The number of benzene rings is 2. The molecule has 26 heavy (non-hydrogen) atoms. The molecule has 0 radical (unpaired) electrons. The molecule has 2 aromatic rings. The topological polar surface area (TPSA) is 46.6 Å². The molecule has 0 spiro atoms. The van der Waals surface area contributed by atoms with E-state index in [2.05, 4.69) is 0 Å². The molecular formula is C17H17F4NO3S. The second kappa shape index (κ2) is 8.05. The molecule has 0 saturated heterocycles. The van der Waals surface area contributed by atoms with Gasteiger partial charge in [-0.05, 0) is 29.8 Å². The predicted octanol–water partition coefficient (Wildman–Crippen LogP) is 4.36. The van der Waals surface area contributed by atoms with E-state index in [-0.39, 0.29) is 18.7 Å². The average Bonchev–Trinajstić information content (AvgIpc) is 2.58. The molecule has 0 aliphatic rings. The van der Waals surface area contributed by atoms with E-state index in [0.717, 1.165) is 19.2 Å². The van der Waals surface area contributed by atoms with Gasteiger partial charge in [0.25, 0.3) is 0 Å². The molecular weight excluding hydrogens is 374 g/mol. The van der Waals surface area contributed by atoms with Gasteiger partial charge in [0.1, 0.15) is 11.9 Å². The third kappa shape index (κ3) is 5.70. The normalized spacial score (nSPS) is 13.6. The second-order valence-electron chi connectivity index (χ2n) is 5.59. The van der Waals surface area contributed by atoms with Gasteiger partial charge >= 0.3 is 16.6 Å². The maximum Gasteiger partial charge on any atom is 0.416 e. The fraction of sp³-hybridized carbons (Fsp3) is 0.294. The average molecular weight is 391 g/mol. The van der Waals surface area contributed by atoms with Gasteiger partial charge in [-0.2, -0.15) is 25.9 Å².